The summed E-state index contributed by atoms with van der Waals surface area (Å²) >= 11 is 3.81. The van der Waals surface area contributed by atoms with Crippen molar-refractivity contribution in [1.29, 1.82) is 5.26 Å². The van der Waals surface area contributed by atoms with E-state index in [0.29, 0.717) is 39.6 Å². The molecule has 3 fully saturated rings. The molecule has 27 heavy (non-hydrogen) atoms. The first-order chi connectivity index (χ1) is 13.2. The van der Waals surface area contributed by atoms with E-state index in [1.807, 2.05) is 48.5 Å². The molecule has 2 aromatic rings. The van der Waals surface area contributed by atoms with Crippen molar-refractivity contribution >= 4 is 15.9 Å². The normalized spacial score (nSPS) is 33.0. The first kappa shape index (κ1) is 17.1. The summed E-state index contributed by atoms with van der Waals surface area (Å²) in [6, 6.07) is 17.3. The summed E-state index contributed by atoms with van der Waals surface area (Å²) in [7, 11) is 0. The van der Waals surface area contributed by atoms with Crippen LogP contribution >= 0.6 is 15.9 Å². The molecule has 5 rings (SSSR count). The third-order valence-electron chi connectivity index (χ3n) is 5.96. The highest BCUT2D eigenvalue weighted by Gasteiger charge is 2.61. The molecule has 5 heteroatoms. The molecular weight excluding hydrogens is 406 g/mol. The van der Waals surface area contributed by atoms with Crippen molar-refractivity contribution in [2.24, 2.45) is 17.8 Å². The standard InChI is InChI=1S/C22H19BrNO3/c23-19-14-11-16-17(12-14)22(27-21(16)19)26-20-13(9-10-24)5-4-8-18(20)25-15-6-2-1-3-7-15/h1-9,14,16-17,19,21-22H,11-12H2/t14?,16?,17?,19-,21?,22-/m0/s1. The largest absolute Gasteiger partial charge is 0.460 e. The molecule has 0 N–H and O–H groups in total. The molecule has 2 saturated carbocycles. The molecule has 2 bridgehead atoms. The van der Waals surface area contributed by atoms with Crippen LogP contribution in [0.2, 0.25) is 0 Å². The number of alkyl halides is 1. The molecule has 2 aliphatic carbocycles. The average molecular weight is 425 g/mol. The topological polar surface area (TPSA) is 51.5 Å². The predicted molar refractivity (Wildman–Crippen MR) is 104 cm³/mol. The van der Waals surface area contributed by atoms with Crippen LogP contribution in [-0.2, 0) is 4.74 Å². The van der Waals surface area contributed by atoms with Crippen molar-refractivity contribution in [2.75, 3.05) is 0 Å². The number of hydrogen-bond acceptors (Lipinski definition) is 4. The molecule has 4 unspecified atom stereocenters. The molecule has 1 saturated heterocycles. The van der Waals surface area contributed by atoms with E-state index in [1.165, 1.54) is 12.8 Å². The summed E-state index contributed by atoms with van der Waals surface area (Å²) in [4.78, 5) is 0.424. The van der Waals surface area contributed by atoms with Gasteiger partial charge in [0.1, 0.15) is 5.75 Å². The summed E-state index contributed by atoms with van der Waals surface area (Å²) in [5.41, 5.74) is 0.707. The number of rotatable bonds is 5. The van der Waals surface area contributed by atoms with Gasteiger partial charge in [0.05, 0.1) is 18.6 Å². The first-order valence-corrected chi connectivity index (χ1v) is 10.2. The first-order valence-electron chi connectivity index (χ1n) is 9.29. The Bertz CT molecular complexity index is 881. The van der Waals surface area contributed by atoms with Crippen molar-refractivity contribution in [3.05, 3.63) is 60.5 Å². The maximum absolute atomic E-state index is 9.18. The van der Waals surface area contributed by atoms with Gasteiger partial charge in [0, 0.05) is 16.3 Å². The average Bonchev–Trinajstić information content (AvgIpc) is 3.30. The molecule has 3 aliphatic rings. The number of para-hydroxylation sites is 2. The van der Waals surface area contributed by atoms with Crippen LogP contribution in [0, 0.1) is 35.5 Å². The van der Waals surface area contributed by atoms with Crippen LogP contribution in [-0.4, -0.2) is 17.2 Å². The summed E-state index contributed by atoms with van der Waals surface area (Å²) < 4.78 is 18.7. The van der Waals surface area contributed by atoms with E-state index in [2.05, 4.69) is 22.0 Å². The number of benzene rings is 2. The summed E-state index contributed by atoms with van der Waals surface area (Å²) in [5, 5.41) is 9.18. The van der Waals surface area contributed by atoms with E-state index in [-0.39, 0.29) is 12.4 Å². The Labute approximate surface area is 167 Å². The monoisotopic (exact) mass is 424 g/mol. The van der Waals surface area contributed by atoms with Gasteiger partial charge >= 0.3 is 0 Å². The quantitative estimate of drug-likeness (QED) is 0.628. The van der Waals surface area contributed by atoms with Gasteiger partial charge in [-0.2, -0.15) is 5.26 Å². The summed E-state index contributed by atoms with van der Waals surface area (Å²) in [6.45, 7) is 0. The summed E-state index contributed by atoms with van der Waals surface area (Å²) in [6.07, 6.45) is 3.76. The minimum absolute atomic E-state index is 0.226. The van der Waals surface area contributed by atoms with Gasteiger partial charge in [-0.3, -0.25) is 0 Å². The number of halogens is 1. The van der Waals surface area contributed by atoms with E-state index in [1.54, 1.807) is 0 Å². The number of nitriles is 1. The smallest absolute Gasteiger partial charge is 0.203 e. The molecule has 6 atom stereocenters. The van der Waals surface area contributed by atoms with Crippen LogP contribution in [0.4, 0.5) is 0 Å². The molecule has 1 aliphatic heterocycles. The molecule has 137 valence electrons. The Morgan fingerprint density at radius 2 is 1.89 bits per heavy atom. The van der Waals surface area contributed by atoms with Crippen molar-refractivity contribution in [2.45, 2.75) is 30.1 Å². The zero-order valence-electron chi connectivity index (χ0n) is 14.6. The van der Waals surface area contributed by atoms with E-state index < -0.39 is 0 Å². The van der Waals surface area contributed by atoms with E-state index in [4.69, 9.17) is 14.2 Å². The number of hydrogen-bond donors (Lipinski definition) is 0. The minimum Gasteiger partial charge on any atom is -0.460 e. The van der Waals surface area contributed by atoms with Gasteiger partial charge in [-0.25, -0.2) is 0 Å². The van der Waals surface area contributed by atoms with Crippen LogP contribution in [0.1, 0.15) is 18.4 Å². The van der Waals surface area contributed by atoms with E-state index in [9.17, 15) is 5.26 Å². The Balaban J connectivity index is 1.45. The van der Waals surface area contributed by atoms with Gasteiger partial charge in [0.15, 0.2) is 11.5 Å². The number of ether oxygens (including phenoxy) is 3. The maximum Gasteiger partial charge on any atom is 0.203 e. The van der Waals surface area contributed by atoms with Gasteiger partial charge < -0.3 is 14.2 Å². The zero-order valence-corrected chi connectivity index (χ0v) is 16.2. The Morgan fingerprint density at radius 1 is 1.07 bits per heavy atom. The van der Waals surface area contributed by atoms with Gasteiger partial charge in [0.25, 0.3) is 0 Å². The van der Waals surface area contributed by atoms with Gasteiger partial charge in [0.2, 0.25) is 6.29 Å². The predicted octanol–water partition coefficient (Wildman–Crippen LogP) is 5.08. The van der Waals surface area contributed by atoms with Crippen LogP contribution in [0.15, 0.2) is 48.5 Å². The van der Waals surface area contributed by atoms with Crippen LogP contribution in [0.3, 0.4) is 0 Å². The Hall–Kier alpha value is -2.03. The highest BCUT2D eigenvalue weighted by molar-refractivity contribution is 9.09. The molecule has 4 nitrogen and oxygen atoms in total. The van der Waals surface area contributed by atoms with Crippen molar-refractivity contribution in [3.8, 4) is 23.3 Å². The molecule has 2 aromatic carbocycles. The van der Waals surface area contributed by atoms with Gasteiger partial charge in [-0.1, -0.05) is 46.3 Å². The van der Waals surface area contributed by atoms with Crippen molar-refractivity contribution in [3.63, 3.8) is 0 Å². The third kappa shape index (κ3) is 2.92. The second-order valence-corrected chi connectivity index (χ2v) is 8.51. The van der Waals surface area contributed by atoms with E-state index in [0.717, 1.165) is 12.2 Å². The lowest BCUT2D eigenvalue weighted by Crippen LogP contribution is -2.27. The fourth-order valence-corrected chi connectivity index (χ4v) is 5.75. The van der Waals surface area contributed by atoms with E-state index >= 15 is 0 Å². The number of fused-ring (bicyclic) bond motifs is 1. The van der Waals surface area contributed by atoms with Crippen LogP contribution < -0.4 is 9.47 Å². The lowest BCUT2D eigenvalue weighted by atomic mass is 9.89. The lowest BCUT2D eigenvalue weighted by Gasteiger charge is -2.22. The fourth-order valence-electron chi connectivity index (χ4n) is 4.80. The second kappa shape index (κ2) is 6.85. The van der Waals surface area contributed by atoms with Crippen molar-refractivity contribution in [1.82, 2.24) is 0 Å². The van der Waals surface area contributed by atoms with Crippen LogP contribution in [0.5, 0.6) is 17.2 Å². The molecule has 0 spiro atoms. The molecule has 1 radical (unpaired) electrons. The zero-order chi connectivity index (χ0) is 18.4. The van der Waals surface area contributed by atoms with Crippen molar-refractivity contribution < 1.29 is 14.2 Å². The highest BCUT2D eigenvalue weighted by atomic mass is 79.9. The minimum atomic E-state index is -0.293. The van der Waals surface area contributed by atoms with Gasteiger partial charge in [-0.15, -0.1) is 0 Å². The van der Waals surface area contributed by atoms with Gasteiger partial charge in [-0.05, 0) is 42.9 Å². The van der Waals surface area contributed by atoms with Crippen LogP contribution in [0.25, 0.3) is 0 Å². The maximum atomic E-state index is 9.18. The second-order valence-electron chi connectivity index (χ2n) is 7.45. The molecule has 0 aromatic heterocycles. The Kier molecular flexibility index (Phi) is 4.34. The molecule has 0 amide bonds. The Morgan fingerprint density at radius 3 is 2.63 bits per heavy atom. The highest BCUT2D eigenvalue weighted by Crippen LogP contribution is 2.59. The SMILES string of the molecule is N#C[CH]c1cccc(Oc2ccccc2)c1O[C@H]1OC2C3CC(CC31)[C@@H]2Br. The number of nitrogens with zero attached hydrogens (tertiary/aromatic N) is 1. The third-order valence-corrected chi connectivity index (χ3v) is 7.23. The molecular formula is C22H19BrNO3. The summed E-state index contributed by atoms with van der Waals surface area (Å²) in [5.74, 6) is 3.55. The fraction of sp³-hybridized carbons (Fsp3) is 0.364. The molecule has 1 heterocycles. The lowest BCUT2D eigenvalue weighted by molar-refractivity contribution is -0.0824.